The van der Waals surface area contributed by atoms with Crippen molar-refractivity contribution in [3.63, 3.8) is 0 Å². The molecule has 0 amide bonds. The Hall–Kier alpha value is -2.12. The van der Waals surface area contributed by atoms with E-state index in [1.165, 1.54) is 12.3 Å². The molecule has 0 spiro atoms. The average molecular weight is 322 g/mol. The van der Waals surface area contributed by atoms with Crippen LogP contribution in [0.3, 0.4) is 0 Å². The number of halogens is 6. The average Bonchev–Trinajstić information content (AvgIpc) is 2.38. The Labute approximate surface area is 122 Å². The molecule has 120 valence electrons. The van der Waals surface area contributed by atoms with Gasteiger partial charge < -0.3 is 0 Å². The second kappa shape index (κ2) is 6.76. The standard InChI is InChI=1S/C8H9F2N.C6H3F4N/c1-6-3-4-7(11-5-6)8(2,9)10;7-5-2-1-4(3-11-5)6(8,9)10/h3-5H,1-2H3;1-3H. The van der Waals surface area contributed by atoms with Gasteiger partial charge in [-0.1, -0.05) is 6.07 Å². The van der Waals surface area contributed by atoms with E-state index >= 15 is 0 Å². The number of pyridine rings is 2. The molecule has 2 aromatic heterocycles. The molecule has 0 aliphatic carbocycles. The normalized spacial score (nSPS) is 11.6. The Morgan fingerprint density at radius 3 is 1.86 bits per heavy atom. The lowest BCUT2D eigenvalue weighted by Gasteiger charge is -2.08. The summed E-state index contributed by atoms with van der Waals surface area (Å²) in [5.74, 6) is -3.74. The molecule has 0 aliphatic heterocycles. The minimum absolute atomic E-state index is 0.178. The Morgan fingerprint density at radius 1 is 0.864 bits per heavy atom. The third-order valence-electron chi connectivity index (χ3n) is 2.42. The van der Waals surface area contributed by atoms with E-state index in [1.54, 1.807) is 6.07 Å². The molecule has 0 saturated carbocycles. The molecule has 0 bridgehead atoms. The van der Waals surface area contributed by atoms with Gasteiger partial charge in [-0.2, -0.15) is 26.3 Å². The first-order valence-electron chi connectivity index (χ1n) is 6.00. The van der Waals surface area contributed by atoms with Crippen LogP contribution >= 0.6 is 0 Å². The van der Waals surface area contributed by atoms with Gasteiger partial charge in [0.1, 0.15) is 5.69 Å². The molecule has 0 saturated heterocycles. The highest BCUT2D eigenvalue weighted by molar-refractivity contribution is 5.15. The van der Waals surface area contributed by atoms with Gasteiger partial charge in [0, 0.05) is 19.3 Å². The van der Waals surface area contributed by atoms with E-state index in [2.05, 4.69) is 9.97 Å². The predicted molar refractivity (Wildman–Crippen MR) is 67.7 cm³/mol. The van der Waals surface area contributed by atoms with Crippen LogP contribution in [0.25, 0.3) is 0 Å². The highest BCUT2D eigenvalue weighted by Gasteiger charge is 2.30. The van der Waals surface area contributed by atoms with Gasteiger partial charge in [-0.3, -0.25) is 4.98 Å². The molecule has 0 aliphatic rings. The second-order valence-electron chi connectivity index (χ2n) is 4.48. The molecule has 2 heterocycles. The highest BCUT2D eigenvalue weighted by Crippen LogP contribution is 2.28. The van der Waals surface area contributed by atoms with E-state index < -0.39 is 23.6 Å². The van der Waals surface area contributed by atoms with Crippen LogP contribution in [0.1, 0.15) is 23.7 Å². The molecule has 22 heavy (non-hydrogen) atoms. The van der Waals surface area contributed by atoms with Crippen molar-refractivity contribution in [1.29, 1.82) is 0 Å². The lowest BCUT2D eigenvalue weighted by Crippen LogP contribution is -2.08. The predicted octanol–water partition coefficient (Wildman–Crippen LogP) is 4.74. The quantitative estimate of drug-likeness (QED) is 0.560. The number of aromatic nitrogens is 2. The zero-order valence-corrected chi connectivity index (χ0v) is 11.6. The van der Waals surface area contributed by atoms with Crippen molar-refractivity contribution in [3.8, 4) is 0 Å². The second-order valence-corrected chi connectivity index (χ2v) is 4.48. The van der Waals surface area contributed by atoms with Crippen molar-refractivity contribution in [2.24, 2.45) is 0 Å². The van der Waals surface area contributed by atoms with Crippen LogP contribution in [-0.4, -0.2) is 9.97 Å². The van der Waals surface area contributed by atoms with E-state index in [0.717, 1.165) is 12.5 Å². The first kappa shape index (κ1) is 17.9. The van der Waals surface area contributed by atoms with E-state index in [1.807, 2.05) is 6.92 Å². The molecular formula is C14H12F6N2. The van der Waals surface area contributed by atoms with Crippen molar-refractivity contribution in [1.82, 2.24) is 9.97 Å². The van der Waals surface area contributed by atoms with Crippen LogP contribution in [-0.2, 0) is 12.1 Å². The fourth-order valence-corrected chi connectivity index (χ4v) is 1.27. The minimum Gasteiger partial charge on any atom is -0.255 e. The van der Waals surface area contributed by atoms with Gasteiger partial charge in [0.2, 0.25) is 5.95 Å². The Morgan fingerprint density at radius 2 is 1.50 bits per heavy atom. The molecule has 0 atom stereocenters. The summed E-state index contributed by atoms with van der Waals surface area (Å²) in [4.78, 5) is 6.46. The molecular weight excluding hydrogens is 310 g/mol. The number of nitrogens with zero attached hydrogens (tertiary/aromatic N) is 2. The molecule has 0 N–H and O–H groups in total. The Balaban J connectivity index is 0.000000220. The molecule has 2 aromatic rings. The lowest BCUT2D eigenvalue weighted by atomic mass is 10.2. The summed E-state index contributed by atoms with van der Waals surface area (Å²) < 4.78 is 72.3. The van der Waals surface area contributed by atoms with Crippen molar-refractivity contribution in [2.45, 2.75) is 25.9 Å². The van der Waals surface area contributed by atoms with Crippen LogP contribution in [0.4, 0.5) is 26.3 Å². The first-order chi connectivity index (χ1) is 10.00. The zero-order valence-electron chi connectivity index (χ0n) is 11.6. The number of rotatable bonds is 1. The minimum atomic E-state index is -4.44. The first-order valence-corrected chi connectivity index (χ1v) is 6.00. The lowest BCUT2D eigenvalue weighted by molar-refractivity contribution is -0.137. The summed E-state index contributed by atoms with van der Waals surface area (Å²) in [5.41, 5.74) is -0.236. The largest absolute Gasteiger partial charge is 0.417 e. The van der Waals surface area contributed by atoms with Crippen molar-refractivity contribution in [3.05, 3.63) is 59.4 Å². The third kappa shape index (κ3) is 5.71. The van der Waals surface area contributed by atoms with Crippen LogP contribution in [0.2, 0.25) is 0 Å². The van der Waals surface area contributed by atoms with Crippen LogP contribution < -0.4 is 0 Å². The monoisotopic (exact) mass is 322 g/mol. The van der Waals surface area contributed by atoms with Crippen LogP contribution in [0.15, 0.2) is 36.7 Å². The Bertz CT molecular complexity index is 529. The summed E-state index contributed by atoms with van der Waals surface area (Å²) in [5, 5.41) is 0. The molecule has 0 fully saturated rings. The number of aryl methyl sites for hydroxylation is 1. The molecule has 8 heteroatoms. The van der Waals surface area contributed by atoms with Gasteiger partial charge in [0.15, 0.2) is 0 Å². The van der Waals surface area contributed by atoms with Gasteiger partial charge in [-0.15, -0.1) is 0 Å². The van der Waals surface area contributed by atoms with Gasteiger partial charge in [0.05, 0.1) is 5.56 Å². The fourth-order valence-electron chi connectivity index (χ4n) is 1.27. The number of alkyl halides is 5. The van der Waals surface area contributed by atoms with E-state index in [0.29, 0.717) is 18.3 Å². The molecule has 0 unspecified atom stereocenters. The number of hydrogen-bond donors (Lipinski definition) is 0. The molecule has 0 aromatic carbocycles. The zero-order chi connectivity index (χ0) is 17.0. The Kier molecular flexibility index (Phi) is 5.51. The smallest absolute Gasteiger partial charge is 0.255 e. The van der Waals surface area contributed by atoms with Gasteiger partial charge in [0.25, 0.3) is 5.92 Å². The van der Waals surface area contributed by atoms with E-state index in [4.69, 9.17) is 0 Å². The fraction of sp³-hybridized carbons (Fsp3) is 0.286. The summed E-state index contributed by atoms with van der Waals surface area (Å²) in [6.45, 7) is 2.65. The molecule has 0 radical (unpaired) electrons. The van der Waals surface area contributed by atoms with Crippen molar-refractivity contribution in [2.75, 3.05) is 0 Å². The topological polar surface area (TPSA) is 25.8 Å². The van der Waals surface area contributed by atoms with Gasteiger partial charge in [-0.05, 0) is 30.7 Å². The van der Waals surface area contributed by atoms with Crippen molar-refractivity contribution < 1.29 is 26.3 Å². The van der Waals surface area contributed by atoms with Crippen LogP contribution in [0, 0.1) is 12.9 Å². The summed E-state index contributed by atoms with van der Waals surface area (Å²) >= 11 is 0. The van der Waals surface area contributed by atoms with Crippen LogP contribution in [0.5, 0.6) is 0 Å². The SMILES string of the molecule is Cc1ccc(C(C)(F)F)nc1.Fc1ccc(C(F)(F)F)cn1. The summed E-state index contributed by atoms with van der Waals surface area (Å²) in [7, 11) is 0. The number of hydrogen-bond acceptors (Lipinski definition) is 2. The van der Waals surface area contributed by atoms with E-state index in [9.17, 15) is 26.3 Å². The summed E-state index contributed by atoms with van der Waals surface area (Å²) in [6, 6.07) is 4.28. The molecule has 2 nitrogen and oxygen atoms in total. The highest BCUT2D eigenvalue weighted by atomic mass is 19.4. The summed E-state index contributed by atoms with van der Waals surface area (Å²) in [6.07, 6.45) is -2.55. The third-order valence-corrected chi connectivity index (χ3v) is 2.42. The maximum Gasteiger partial charge on any atom is 0.417 e. The van der Waals surface area contributed by atoms with Gasteiger partial charge >= 0.3 is 6.18 Å². The van der Waals surface area contributed by atoms with Crippen molar-refractivity contribution >= 4 is 0 Å². The maximum atomic E-state index is 12.5. The maximum absolute atomic E-state index is 12.5. The van der Waals surface area contributed by atoms with E-state index in [-0.39, 0.29) is 5.69 Å². The van der Waals surface area contributed by atoms with Gasteiger partial charge in [-0.25, -0.2) is 4.98 Å². The molecule has 2 rings (SSSR count).